The van der Waals surface area contributed by atoms with Gasteiger partial charge >= 0.3 is 6.18 Å². The first kappa shape index (κ1) is 20.9. The molecule has 0 unspecified atom stereocenters. The summed E-state index contributed by atoms with van der Waals surface area (Å²) >= 11 is 0. The van der Waals surface area contributed by atoms with E-state index in [-0.39, 0.29) is 23.5 Å². The molecule has 1 aromatic carbocycles. The quantitative estimate of drug-likeness (QED) is 0.802. The van der Waals surface area contributed by atoms with Gasteiger partial charge in [0.1, 0.15) is 0 Å². The van der Waals surface area contributed by atoms with Crippen molar-refractivity contribution in [3.8, 4) is 0 Å². The predicted octanol–water partition coefficient (Wildman–Crippen LogP) is 1.52. The maximum Gasteiger partial charge on any atom is 0.416 e. The fourth-order valence-corrected chi connectivity index (χ4v) is 5.32. The van der Waals surface area contributed by atoms with Crippen LogP contribution in [0.1, 0.15) is 18.9 Å². The Morgan fingerprint density at radius 1 is 1.21 bits per heavy atom. The molecule has 2 aliphatic heterocycles. The molecular weight excluding hydrogens is 395 g/mol. The molecule has 0 saturated carbocycles. The molecule has 0 radical (unpaired) electrons. The molecular formula is C18H24F3N3O3S. The molecule has 0 bridgehead atoms. The maximum absolute atomic E-state index is 12.9. The Morgan fingerprint density at radius 3 is 2.46 bits per heavy atom. The lowest BCUT2D eigenvalue weighted by Crippen LogP contribution is -2.55. The first-order valence-electron chi connectivity index (χ1n) is 9.22. The summed E-state index contributed by atoms with van der Waals surface area (Å²) in [6, 6.07) is 4.48. The van der Waals surface area contributed by atoms with Gasteiger partial charge in [-0.2, -0.15) is 13.2 Å². The smallest absolute Gasteiger partial charge is 0.369 e. The van der Waals surface area contributed by atoms with Crippen LogP contribution in [0.25, 0.3) is 0 Å². The van der Waals surface area contributed by atoms with Gasteiger partial charge in [-0.05, 0) is 31.5 Å². The Kier molecular flexibility index (Phi) is 5.90. The molecule has 0 aliphatic carbocycles. The number of alkyl halides is 3. The average molecular weight is 419 g/mol. The molecule has 6 nitrogen and oxygen atoms in total. The van der Waals surface area contributed by atoms with Gasteiger partial charge in [0, 0.05) is 37.9 Å². The average Bonchev–Trinajstić information content (AvgIpc) is 2.99. The lowest BCUT2D eigenvalue weighted by molar-refractivity contribution is -0.137. The van der Waals surface area contributed by atoms with Crippen molar-refractivity contribution in [3.05, 3.63) is 29.8 Å². The first-order chi connectivity index (χ1) is 13.0. The lowest BCUT2D eigenvalue weighted by Gasteiger charge is -2.38. The minimum absolute atomic E-state index is 0.0191. The third-order valence-corrected chi connectivity index (χ3v) is 7.13. The van der Waals surface area contributed by atoms with Crippen molar-refractivity contribution in [1.82, 2.24) is 10.2 Å². The van der Waals surface area contributed by atoms with E-state index in [1.54, 1.807) is 13.0 Å². The van der Waals surface area contributed by atoms with Crippen molar-refractivity contribution in [2.75, 3.05) is 42.6 Å². The summed E-state index contributed by atoms with van der Waals surface area (Å²) in [6.45, 7) is 3.85. The van der Waals surface area contributed by atoms with Crippen LogP contribution in [-0.4, -0.2) is 69.0 Å². The van der Waals surface area contributed by atoms with E-state index < -0.39 is 27.6 Å². The highest BCUT2D eigenvalue weighted by Gasteiger charge is 2.33. The fraction of sp³-hybridized carbons (Fsp3) is 0.611. The number of hydrogen-bond donors (Lipinski definition) is 1. The largest absolute Gasteiger partial charge is 0.416 e. The number of piperazine rings is 1. The van der Waals surface area contributed by atoms with Gasteiger partial charge in [0.15, 0.2) is 9.84 Å². The molecule has 28 heavy (non-hydrogen) atoms. The second-order valence-electron chi connectivity index (χ2n) is 7.36. The van der Waals surface area contributed by atoms with Crippen molar-refractivity contribution >= 4 is 21.4 Å². The van der Waals surface area contributed by atoms with Crippen LogP contribution in [0.5, 0.6) is 0 Å². The van der Waals surface area contributed by atoms with Gasteiger partial charge in [0.25, 0.3) is 0 Å². The number of rotatable bonds is 4. The van der Waals surface area contributed by atoms with E-state index >= 15 is 0 Å². The van der Waals surface area contributed by atoms with Crippen molar-refractivity contribution < 1.29 is 26.4 Å². The molecule has 2 heterocycles. The van der Waals surface area contributed by atoms with Crippen molar-refractivity contribution in [2.24, 2.45) is 0 Å². The standard InChI is InChI=1S/C18H24F3N3O3S/c1-13(17(25)22-15-5-10-28(26,27)12-15)23-6-8-24(9-7-23)16-4-2-3-14(11-16)18(19,20)21/h2-4,11,13,15H,5-10,12H2,1H3,(H,22,25)/t13-,15-/m0/s1. The van der Waals surface area contributed by atoms with Crippen LogP contribution in [0.2, 0.25) is 0 Å². The van der Waals surface area contributed by atoms with E-state index in [1.165, 1.54) is 6.07 Å². The van der Waals surface area contributed by atoms with Crippen LogP contribution in [0.15, 0.2) is 24.3 Å². The van der Waals surface area contributed by atoms with Crippen molar-refractivity contribution in [1.29, 1.82) is 0 Å². The SMILES string of the molecule is C[C@@H](C(=O)N[C@H]1CCS(=O)(=O)C1)N1CCN(c2cccc(C(F)(F)F)c2)CC1. The van der Waals surface area contributed by atoms with E-state index in [9.17, 15) is 26.4 Å². The Hall–Kier alpha value is -1.81. The maximum atomic E-state index is 12.9. The van der Waals surface area contributed by atoms with Crippen LogP contribution >= 0.6 is 0 Å². The number of nitrogens with zero attached hydrogens (tertiary/aromatic N) is 2. The second kappa shape index (κ2) is 7.90. The van der Waals surface area contributed by atoms with Crippen molar-refractivity contribution in [3.63, 3.8) is 0 Å². The summed E-state index contributed by atoms with van der Waals surface area (Å²) in [6.07, 6.45) is -3.94. The summed E-state index contributed by atoms with van der Waals surface area (Å²) < 4.78 is 61.7. The molecule has 156 valence electrons. The predicted molar refractivity (Wildman–Crippen MR) is 99.9 cm³/mol. The van der Waals surface area contributed by atoms with Gasteiger partial charge in [-0.25, -0.2) is 8.42 Å². The minimum atomic E-state index is -4.38. The van der Waals surface area contributed by atoms with Crippen molar-refractivity contribution in [2.45, 2.75) is 31.6 Å². The molecule has 1 aromatic rings. The van der Waals surface area contributed by atoms with Crippen LogP contribution in [0, 0.1) is 0 Å². The van der Waals surface area contributed by atoms with Crippen LogP contribution in [-0.2, 0) is 20.8 Å². The zero-order chi connectivity index (χ0) is 20.5. The van der Waals surface area contributed by atoms with Crippen LogP contribution in [0.3, 0.4) is 0 Å². The van der Waals surface area contributed by atoms with E-state index in [0.29, 0.717) is 38.3 Å². The monoisotopic (exact) mass is 419 g/mol. The molecule has 0 aromatic heterocycles. The number of anilines is 1. The summed E-state index contributed by atoms with van der Waals surface area (Å²) in [5, 5.41) is 2.80. The number of carbonyl (C=O) groups excluding carboxylic acids is 1. The molecule has 2 saturated heterocycles. The van der Waals surface area contributed by atoms with Gasteiger partial charge in [0.2, 0.25) is 5.91 Å². The Morgan fingerprint density at radius 2 is 1.89 bits per heavy atom. The number of sulfone groups is 1. The Bertz CT molecular complexity index is 821. The topological polar surface area (TPSA) is 69.7 Å². The minimum Gasteiger partial charge on any atom is -0.369 e. The normalized spacial score (nSPS) is 24.1. The molecule has 0 spiro atoms. The highest BCUT2D eigenvalue weighted by atomic mass is 32.2. The Labute approximate surface area is 162 Å². The molecule has 2 fully saturated rings. The molecule has 1 N–H and O–H groups in total. The lowest BCUT2D eigenvalue weighted by atomic mass is 10.1. The summed E-state index contributed by atoms with van der Waals surface area (Å²) in [7, 11) is -3.06. The van der Waals surface area contributed by atoms with E-state index in [0.717, 1.165) is 12.1 Å². The third kappa shape index (κ3) is 4.96. The number of carbonyl (C=O) groups is 1. The highest BCUT2D eigenvalue weighted by Crippen LogP contribution is 2.32. The fourth-order valence-electron chi connectivity index (χ4n) is 3.64. The molecule has 2 atom stereocenters. The van der Waals surface area contributed by atoms with Gasteiger partial charge in [0.05, 0.1) is 23.1 Å². The number of amides is 1. The van der Waals surface area contributed by atoms with Gasteiger partial charge < -0.3 is 10.2 Å². The van der Waals surface area contributed by atoms with Gasteiger partial charge in [-0.3, -0.25) is 9.69 Å². The van der Waals surface area contributed by atoms with Gasteiger partial charge in [-0.15, -0.1) is 0 Å². The zero-order valence-electron chi connectivity index (χ0n) is 15.6. The highest BCUT2D eigenvalue weighted by molar-refractivity contribution is 7.91. The van der Waals surface area contributed by atoms with E-state index in [4.69, 9.17) is 0 Å². The Balaban J connectivity index is 1.54. The summed E-state index contributed by atoms with van der Waals surface area (Å²) in [4.78, 5) is 16.3. The number of halogens is 3. The molecule has 1 amide bonds. The summed E-state index contributed by atoms with van der Waals surface area (Å²) in [5.41, 5.74) is -0.158. The molecule has 2 aliphatic rings. The third-order valence-electron chi connectivity index (χ3n) is 5.36. The number of hydrogen-bond acceptors (Lipinski definition) is 5. The van der Waals surface area contributed by atoms with Crippen LogP contribution < -0.4 is 10.2 Å². The zero-order valence-corrected chi connectivity index (χ0v) is 16.4. The van der Waals surface area contributed by atoms with E-state index in [1.807, 2.05) is 9.80 Å². The number of benzene rings is 1. The summed E-state index contributed by atoms with van der Waals surface area (Å²) in [5.74, 6) is -0.133. The number of nitrogens with one attached hydrogen (secondary N) is 1. The van der Waals surface area contributed by atoms with Crippen LogP contribution in [0.4, 0.5) is 18.9 Å². The molecule has 10 heteroatoms. The molecule has 3 rings (SSSR count). The first-order valence-corrected chi connectivity index (χ1v) is 11.0. The second-order valence-corrected chi connectivity index (χ2v) is 9.58. The van der Waals surface area contributed by atoms with E-state index in [2.05, 4.69) is 5.32 Å². The van der Waals surface area contributed by atoms with Gasteiger partial charge in [-0.1, -0.05) is 6.07 Å².